The number of carbonyl (C=O) groups is 10. The standard InChI is InChI=1S/C54H74N14O11/c1-30(2)22-39(63-49(75)41(24-33-14-8-5-9-15-33)65-52(78)44-26-34-18-19-36(70)25-35(34)29-68(44)31(3)69)48(74)64-40(23-32-12-6-4-7-13-32)50(76)66-42(28-55)53(79)67-21-11-17-43(67)51(77)61-37(16-10-20-60-54(58)59)47(73)62-38(46(57)72)27-45(56)71/h4-9,12-15,18-19,25,30,37-44,70H,10-11,16-17,20-24,26-29,55H2,1-3H3,(H2,56,71)(H2,57,72)(H,61,77)(H,62,73)(H,63,75)(H,64,74)(H,65,78)(H,66,76)(H4,58,59,60)/t37-,38-,39-,40-,41-,42-,43-,44-/m0/s1. The van der Waals surface area contributed by atoms with Gasteiger partial charge in [0.25, 0.3) is 0 Å². The topological polar surface area (TPSA) is 412 Å². The van der Waals surface area contributed by atoms with Crippen LogP contribution in [0.5, 0.6) is 5.75 Å². The summed E-state index contributed by atoms with van der Waals surface area (Å²) in [4.78, 5) is 143. The van der Waals surface area contributed by atoms with Crippen LogP contribution in [-0.2, 0) is 73.8 Å². The molecule has 79 heavy (non-hydrogen) atoms. The maximum atomic E-state index is 14.5. The van der Waals surface area contributed by atoms with Gasteiger partial charge in [0.05, 0.1) is 6.42 Å². The van der Waals surface area contributed by atoms with E-state index >= 15 is 0 Å². The average Bonchev–Trinajstić information content (AvgIpc) is 4.01. The third kappa shape index (κ3) is 18.3. The molecule has 3 aromatic rings. The number of aromatic hydroxyl groups is 1. The largest absolute Gasteiger partial charge is 0.508 e. The molecular formula is C54H74N14O11. The van der Waals surface area contributed by atoms with E-state index in [0.29, 0.717) is 23.1 Å². The fourth-order valence-electron chi connectivity index (χ4n) is 9.50. The molecule has 10 amide bonds. The normalized spacial score (nSPS) is 17.0. The summed E-state index contributed by atoms with van der Waals surface area (Å²) in [6, 6.07) is 12.1. The number of hydrogen-bond acceptors (Lipinski definition) is 13. The van der Waals surface area contributed by atoms with Crippen molar-refractivity contribution in [1.82, 2.24) is 41.7 Å². The van der Waals surface area contributed by atoms with Gasteiger partial charge in [-0.1, -0.05) is 80.6 Å². The SMILES string of the molecule is CC(=O)N1Cc2cc(O)ccc2C[C@H]1C(=O)N[C@@H](Cc1ccccc1)C(=O)N[C@@H](CC(C)C)C(=O)N[C@@H](Cc1ccccc1)C(=O)N[C@@H](CN)C(=O)N1CCC[C@H]1C(=O)N[C@@H](CCCN=C(N)N)C(=O)N[C@@H](CC(N)=O)C(N)=O. The van der Waals surface area contributed by atoms with Crippen molar-refractivity contribution in [3.63, 3.8) is 0 Å². The van der Waals surface area contributed by atoms with Gasteiger partial charge < -0.3 is 75.5 Å². The fourth-order valence-corrected chi connectivity index (χ4v) is 9.50. The number of likely N-dealkylation sites (tertiary alicyclic amines) is 1. The number of rotatable bonds is 27. The van der Waals surface area contributed by atoms with Gasteiger partial charge >= 0.3 is 0 Å². The number of phenolic OH excluding ortho intramolecular Hbond substituents is 1. The third-order valence-corrected chi connectivity index (χ3v) is 13.5. The Morgan fingerprint density at radius 2 is 1.18 bits per heavy atom. The first-order valence-electron chi connectivity index (χ1n) is 26.2. The molecule has 0 saturated carbocycles. The molecule has 0 radical (unpaired) electrons. The monoisotopic (exact) mass is 1090 g/mol. The van der Waals surface area contributed by atoms with Gasteiger partial charge in [0.1, 0.15) is 54.1 Å². The van der Waals surface area contributed by atoms with Gasteiger partial charge in [-0.25, -0.2) is 0 Å². The number of guanidine groups is 1. The van der Waals surface area contributed by atoms with Gasteiger partial charge in [0.2, 0.25) is 59.1 Å². The van der Waals surface area contributed by atoms with Crippen LogP contribution in [0.2, 0.25) is 0 Å². The number of phenols is 1. The molecule has 1 fully saturated rings. The first kappa shape index (κ1) is 61.2. The molecule has 8 atom stereocenters. The minimum atomic E-state index is -1.49. The van der Waals surface area contributed by atoms with Gasteiger partial charge in [-0.2, -0.15) is 0 Å². The van der Waals surface area contributed by atoms with Gasteiger partial charge in [-0.15, -0.1) is 0 Å². The highest BCUT2D eigenvalue weighted by Gasteiger charge is 2.41. The Labute approximate surface area is 457 Å². The molecule has 25 heteroatoms. The summed E-state index contributed by atoms with van der Waals surface area (Å²) >= 11 is 0. The predicted molar refractivity (Wildman–Crippen MR) is 290 cm³/mol. The summed E-state index contributed by atoms with van der Waals surface area (Å²) in [7, 11) is 0. The maximum absolute atomic E-state index is 14.5. The number of nitrogens with one attached hydrogen (secondary N) is 6. The Hall–Kier alpha value is -8.61. The summed E-state index contributed by atoms with van der Waals surface area (Å²) < 4.78 is 0. The second-order valence-corrected chi connectivity index (χ2v) is 20.1. The smallest absolute Gasteiger partial charge is 0.247 e. The molecule has 426 valence electrons. The molecular weight excluding hydrogens is 1020 g/mol. The van der Waals surface area contributed by atoms with E-state index in [9.17, 15) is 53.1 Å². The number of nitrogens with zero attached hydrogens (tertiary/aromatic N) is 3. The van der Waals surface area contributed by atoms with Crippen molar-refractivity contribution >= 4 is 65.0 Å². The van der Waals surface area contributed by atoms with E-state index in [2.05, 4.69) is 36.9 Å². The van der Waals surface area contributed by atoms with Crippen molar-refractivity contribution in [3.05, 3.63) is 101 Å². The molecule has 0 aromatic heterocycles. The average molecular weight is 1100 g/mol. The highest BCUT2D eigenvalue weighted by atomic mass is 16.3. The van der Waals surface area contributed by atoms with E-state index in [1.807, 2.05) is 13.8 Å². The zero-order valence-electron chi connectivity index (χ0n) is 44.7. The van der Waals surface area contributed by atoms with Crippen molar-refractivity contribution in [1.29, 1.82) is 0 Å². The van der Waals surface area contributed by atoms with Crippen molar-refractivity contribution in [2.45, 2.75) is 133 Å². The molecule has 2 aliphatic rings. The summed E-state index contributed by atoms with van der Waals surface area (Å²) in [5.74, 6) is -8.00. The second-order valence-electron chi connectivity index (χ2n) is 20.1. The van der Waals surface area contributed by atoms with Crippen molar-refractivity contribution in [2.75, 3.05) is 19.6 Å². The van der Waals surface area contributed by atoms with Crippen LogP contribution in [-0.4, -0.2) is 148 Å². The lowest BCUT2D eigenvalue weighted by Gasteiger charge is -2.36. The quantitative estimate of drug-likeness (QED) is 0.0213. The molecule has 0 aliphatic carbocycles. The number of hydrogen-bond donors (Lipinski definition) is 12. The van der Waals surface area contributed by atoms with Crippen LogP contribution in [0, 0.1) is 5.92 Å². The number of fused-ring (bicyclic) bond motifs is 1. The van der Waals surface area contributed by atoms with Gasteiger partial charge in [-0.3, -0.25) is 52.9 Å². The molecule has 0 spiro atoms. The second kappa shape index (κ2) is 29.2. The number of amides is 10. The van der Waals surface area contributed by atoms with E-state index in [1.54, 1.807) is 66.7 Å². The highest BCUT2D eigenvalue weighted by Crippen LogP contribution is 2.27. The molecule has 2 heterocycles. The van der Waals surface area contributed by atoms with E-state index in [1.165, 1.54) is 28.9 Å². The van der Waals surface area contributed by atoms with Crippen LogP contribution in [0.1, 0.15) is 81.5 Å². The lowest BCUT2D eigenvalue weighted by Crippen LogP contribution is -2.62. The Morgan fingerprint density at radius 1 is 0.646 bits per heavy atom. The first-order chi connectivity index (χ1) is 37.5. The molecule has 17 N–H and O–H groups in total. The number of nitrogens with two attached hydrogens (primary N) is 5. The summed E-state index contributed by atoms with van der Waals surface area (Å²) in [5, 5.41) is 26.2. The highest BCUT2D eigenvalue weighted by molar-refractivity contribution is 5.99. The van der Waals surface area contributed by atoms with Crippen molar-refractivity contribution in [3.8, 4) is 5.75 Å². The van der Waals surface area contributed by atoms with Crippen molar-refractivity contribution in [2.24, 2.45) is 39.6 Å². The maximum Gasteiger partial charge on any atom is 0.247 e. The molecule has 5 rings (SSSR count). The van der Waals surface area contributed by atoms with Crippen molar-refractivity contribution < 1.29 is 53.1 Å². The molecule has 0 bridgehead atoms. The number of benzene rings is 3. The molecule has 2 aliphatic heterocycles. The minimum absolute atomic E-state index is 0.00512. The molecule has 3 aromatic carbocycles. The molecule has 0 unspecified atom stereocenters. The van der Waals surface area contributed by atoms with Crippen LogP contribution < -0.4 is 60.6 Å². The van der Waals surface area contributed by atoms with Crippen LogP contribution in [0.3, 0.4) is 0 Å². The van der Waals surface area contributed by atoms with Crippen LogP contribution in [0.25, 0.3) is 0 Å². The van der Waals surface area contributed by atoms with E-state index in [4.69, 9.17) is 28.7 Å². The Morgan fingerprint density at radius 3 is 1.73 bits per heavy atom. The summed E-state index contributed by atoms with van der Waals surface area (Å²) in [6.45, 7) is 4.74. The zero-order valence-corrected chi connectivity index (χ0v) is 44.7. The number of carbonyl (C=O) groups excluding carboxylic acids is 10. The van der Waals surface area contributed by atoms with Gasteiger partial charge in [0.15, 0.2) is 5.96 Å². The lowest BCUT2D eigenvalue weighted by atomic mass is 9.92. The lowest BCUT2D eigenvalue weighted by molar-refractivity contribution is -0.142. The van der Waals surface area contributed by atoms with Crippen LogP contribution >= 0.6 is 0 Å². The Balaban J connectivity index is 1.34. The fraction of sp³-hybridized carbons (Fsp3) is 0.463. The van der Waals surface area contributed by atoms with Crippen LogP contribution in [0.4, 0.5) is 0 Å². The first-order valence-corrected chi connectivity index (χ1v) is 26.2. The molecule has 1 saturated heterocycles. The Kier molecular flexibility index (Phi) is 22.7. The third-order valence-electron chi connectivity index (χ3n) is 13.5. The van der Waals surface area contributed by atoms with E-state index < -0.39 is 120 Å². The minimum Gasteiger partial charge on any atom is -0.508 e. The van der Waals surface area contributed by atoms with Crippen LogP contribution in [0.15, 0.2) is 83.9 Å². The predicted octanol–water partition coefficient (Wildman–Crippen LogP) is -2.53. The number of primary amides is 2. The van der Waals surface area contributed by atoms with Gasteiger partial charge in [0, 0.05) is 52.4 Å². The zero-order chi connectivity index (χ0) is 57.9. The van der Waals surface area contributed by atoms with E-state index in [-0.39, 0.29) is 82.2 Å². The Bertz CT molecular complexity index is 2710. The summed E-state index contributed by atoms with van der Waals surface area (Å²) in [5.41, 5.74) is 30.4. The summed E-state index contributed by atoms with van der Waals surface area (Å²) in [6.07, 6.45) is 0.151. The molecule has 25 nitrogen and oxygen atoms in total. The van der Waals surface area contributed by atoms with E-state index in [0.717, 1.165) is 5.56 Å². The van der Waals surface area contributed by atoms with Gasteiger partial charge in [-0.05, 0) is 72.4 Å². The number of aliphatic imine (C=N–C) groups is 1.